The van der Waals surface area contributed by atoms with Crippen LogP contribution in [-0.4, -0.2) is 80.5 Å². The van der Waals surface area contributed by atoms with E-state index in [9.17, 15) is 9.59 Å². The molecule has 1 atom stereocenters. The van der Waals surface area contributed by atoms with Gasteiger partial charge in [0, 0.05) is 46.2 Å². The van der Waals surface area contributed by atoms with E-state index in [1.54, 1.807) is 19.0 Å². The van der Waals surface area contributed by atoms with Crippen LogP contribution in [0.15, 0.2) is 0 Å². The molecule has 0 saturated carbocycles. The summed E-state index contributed by atoms with van der Waals surface area (Å²) in [5, 5.41) is 3.40. The topological polar surface area (TPSA) is 55.9 Å². The molecule has 0 bridgehead atoms. The lowest BCUT2D eigenvalue weighted by molar-refractivity contribution is -0.140. The first-order chi connectivity index (χ1) is 9.92. The van der Waals surface area contributed by atoms with Crippen molar-refractivity contribution in [2.45, 2.75) is 19.3 Å². The fraction of sp³-hybridized carbons (Fsp3) is 0.867. The number of nitrogens with one attached hydrogen (secondary N) is 1. The SMILES string of the molecule is CN(C)C(=O)N1CC2(CCNCC2)[C@@]2(CCN(C)C2=O)C1. The van der Waals surface area contributed by atoms with Crippen molar-refractivity contribution in [3.63, 3.8) is 0 Å². The van der Waals surface area contributed by atoms with Gasteiger partial charge in [-0.15, -0.1) is 0 Å². The molecule has 3 rings (SSSR count). The number of nitrogens with zero attached hydrogens (tertiary/aromatic N) is 3. The molecule has 0 aliphatic carbocycles. The average Bonchev–Trinajstić information content (AvgIpc) is 2.93. The second kappa shape index (κ2) is 4.87. The van der Waals surface area contributed by atoms with Crippen LogP contribution in [0, 0.1) is 10.8 Å². The number of rotatable bonds is 0. The molecule has 21 heavy (non-hydrogen) atoms. The third-order valence-corrected chi connectivity index (χ3v) is 5.81. The van der Waals surface area contributed by atoms with E-state index in [2.05, 4.69) is 5.32 Å². The first-order valence-electron chi connectivity index (χ1n) is 7.84. The Hall–Kier alpha value is -1.30. The van der Waals surface area contributed by atoms with Crippen LogP contribution in [0.1, 0.15) is 19.3 Å². The van der Waals surface area contributed by atoms with Crippen molar-refractivity contribution in [3.05, 3.63) is 0 Å². The predicted octanol–water partition coefficient (Wildman–Crippen LogP) is 0.202. The zero-order valence-corrected chi connectivity index (χ0v) is 13.3. The van der Waals surface area contributed by atoms with Crippen molar-refractivity contribution in [2.75, 3.05) is 53.9 Å². The lowest BCUT2D eigenvalue weighted by atomic mass is 9.60. The van der Waals surface area contributed by atoms with Gasteiger partial charge in [-0.2, -0.15) is 0 Å². The smallest absolute Gasteiger partial charge is 0.319 e. The van der Waals surface area contributed by atoms with Gasteiger partial charge in [0.25, 0.3) is 0 Å². The van der Waals surface area contributed by atoms with E-state index in [4.69, 9.17) is 0 Å². The number of urea groups is 1. The molecule has 6 heteroatoms. The first kappa shape index (κ1) is 14.6. The highest BCUT2D eigenvalue weighted by atomic mass is 16.2. The number of carbonyl (C=O) groups is 2. The third-order valence-electron chi connectivity index (χ3n) is 5.81. The van der Waals surface area contributed by atoms with Crippen LogP contribution in [0.25, 0.3) is 0 Å². The van der Waals surface area contributed by atoms with E-state index in [1.165, 1.54) is 0 Å². The van der Waals surface area contributed by atoms with E-state index < -0.39 is 0 Å². The molecule has 3 saturated heterocycles. The second-order valence-electron chi connectivity index (χ2n) is 7.12. The van der Waals surface area contributed by atoms with Crippen LogP contribution in [-0.2, 0) is 4.79 Å². The van der Waals surface area contributed by atoms with E-state index >= 15 is 0 Å². The number of likely N-dealkylation sites (tertiary alicyclic amines) is 2. The first-order valence-corrected chi connectivity index (χ1v) is 7.84. The van der Waals surface area contributed by atoms with E-state index in [-0.39, 0.29) is 22.8 Å². The third kappa shape index (κ3) is 1.95. The van der Waals surface area contributed by atoms with Gasteiger partial charge in [0.2, 0.25) is 5.91 Å². The van der Waals surface area contributed by atoms with Gasteiger partial charge in [-0.3, -0.25) is 4.79 Å². The Kier molecular flexibility index (Phi) is 3.39. The molecule has 118 valence electrons. The number of amides is 3. The molecule has 0 aromatic heterocycles. The summed E-state index contributed by atoms with van der Waals surface area (Å²) in [4.78, 5) is 30.7. The molecule has 1 N–H and O–H groups in total. The number of carbonyl (C=O) groups excluding carboxylic acids is 2. The summed E-state index contributed by atoms with van der Waals surface area (Å²) in [5.74, 6) is 0.249. The van der Waals surface area contributed by atoms with Crippen molar-refractivity contribution in [3.8, 4) is 0 Å². The summed E-state index contributed by atoms with van der Waals surface area (Å²) in [7, 11) is 5.46. The Bertz CT molecular complexity index is 459. The highest BCUT2D eigenvalue weighted by Gasteiger charge is 2.65. The molecule has 3 amide bonds. The summed E-state index contributed by atoms with van der Waals surface area (Å²) in [6.07, 6.45) is 2.87. The molecule has 0 radical (unpaired) electrons. The molecule has 6 nitrogen and oxygen atoms in total. The van der Waals surface area contributed by atoms with Gasteiger partial charge in [-0.25, -0.2) is 4.79 Å². The minimum absolute atomic E-state index is 0.0344. The molecule has 0 unspecified atom stereocenters. The van der Waals surface area contributed by atoms with Gasteiger partial charge < -0.3 is 20.0 Å². The van der Waals surface area contributed by atoms with Crippen molar-refractivity contribution in [2.24, 2.45) is 10.8 Å². The summed E-state index contributed by atoms with van der Waals surface area (Å²) >= 11 is 0. The van der Waals surface area contributed by atoms with Gasteiger partial charge >= 0.3 is 6.03 Å². The summed E-state index contributed by atoms with van der Waals surface area (Å²) in [6.45, 7) is 4.03. The fourth-order valence-electron chi connectivity index (χ4n) is 4.60. The minimum atomic E-state index is -0.352. The lowest BCUT2D eigenvalue weighted by Gasteiger charge is -2.43. The van der Waals surface area contributed by atoms with Gasteiger partial charge in [0.05, 0.1) is 5.41 Å². The highest BCUT2D eigenvalue weighted by molar-refractivity contribution is 5.88. The monoisotopic (exact) mass is 294 g/mol. The molecule has 0 aromatic rings. The molecule has 2 spiro atoms. The zero-order valence-electron chi connectivity index (χ0n) is 13.3. The standard InChI is InChI=1S/C15H26N4O2/c1-17(2)13(21)19-10-14(4-7-16-8-5-14)15(11-19)6-9-18(3)12(15)20/h16H,4-11H2,1-3H3/t15-/m0/s1. The van der Waals surface area contributed by atoms with Gasteiger partial charge in [0.1, 0.15) is 0 Å². The quantitative estimate of drug-likeness (QED) is 0.694. The van der Waals surface area contributed by atoms with Crippen LogP contribution in [0.2, 0.25) is 0 Å². The maximum Gasteiger partial charge on any atom is 0.319 e. The van der Waals surface area contributed by atoms with Crippen molar-refractivity contribution < 1.29 is 9.59 Å². The predicted molar refractivity (Wildman–Crippen MR) is 79.9 cm³/mol. The average molecular weight is 294 g/mol. The Labute approximate surface area is 126 Å². The number of hydrogen-bond donors (Lipinski definition) is 1. The fourth-order valence-corrected chi connectivity index (χ4v) is 4.60. The number of piperidine rings is 1. The number of hydrogen-bond acceptors (Lipinski definition) is 3. The Morgan fingerprint density at radius 1 is 1.19 bits per heavy atom. The Morgan fingerprint density at radius 3 is 2.38 bits per heavy atom. The molecular formula is C15H26N4O2. The maximum atomic E-state index is 12.9. The highest BCUT2D eigenvalue weighted by Crippen LogP contribution is 2.57. The van der Waals surface area contributed by atoms with E-state index in [0.717, 1.165) is 45.4 Å². The van der Waals surface area contributed by atoms with E-state index in [0.29, 0.717) is 6.54 Å². The second-order valence-corrected chi connectivity index (χ2v) is 7.12. The van der Waals surface area contributed by atoms with Crippen LogP contribution in [0.5, 0.6) is 0 Å². The minimum Gasteiger partial charge on any atom is -0.345 e. The Balaban J connectivity index is 1.96. The number of fused-ring (bicyclic) bond motifs is 1. The zero-order chi connectivity index (χ0) is 15.3. The normalized spacial score (nSPS) is 31.5. The van der Waals surface area contributed by atoms with Crippen LogP contribution in [0.4, 0.5) is 4.79 Å². The van der Waals surface area contributed by atoms with Crippen molar-refractivity contribution >= 4 is 11.9 Å². The van der Waals surface area contributed by atoms with Gasteiger partial charge in [0.15, 0.2) is 0 Å². The van der Waals surface area contributed by atoms with Crippen molar-refractivity contribution in [1.82, 2.24) is 20.0 Å². The summed E-state index contributed by atoms with van der Waals surface area (Å²) in [5.41, 5.74) is -0.388. The molecular weight excluding hydrogens is 268 g/mol. The Morgan fingerprint density at radius 2 is 1.86 bits per heavy atom. The van der Waals surface area contributed by atoms with Gasteiger partial charge in [-0.05, 0) is 32.4 Å². The molecule has 3 aliphatic rings. The molecule has 3 aliphatic heterocycles. The molecule has 3 heterocycles. The van der Waals surface area contributed by atoms with Crippen LogP contribution < -0.4 is 5.32 Å². The van der Waals surface area contributed by atoms with Crippen molar-refractivity contribution in [1.29, 1.82) is 0 Å². The molecule has 3 fully saturated rings. The maximum absolute atomic E-state index is 12.9. The van der Waals surface area contributed by atoms with Gasteiger partial charge in [-0.1, -0.05) is 0 Å². The molecule has 0 aromatic carbocycles. The lowest BCUT2D eigenvalue weighted by Crippen LogP contribution is -2.51. The van der Waals surface area contributed by atoms with E-state index in [1.807, 2.05) is 16.8 Å². The largest absolute Gasteiger partial charge is 0.345 e. The van der Waals surface area contributed by atoms with Crippen LogP contribution >= 0.6 is 0 Å². The van der Waals surface area contributed by atoms with Crippen LogP contribution in [0.3, 0.4) is 0 Å². The summed E-state index contributed by atoms with van der Waals surface area (Å²) in [6, 6.07) is 0.0344. The summed E-state index contributed by atoms with van der Waals surface area (Å²) < 4.78 is 0.